The van der Waals surface area contributed by atoms with Crippen LogP contribution in [0.4, 0.5) is 4.39 Å². The van der Waals surface area contributed by atoms with Crippen molar-refractivity contribution in [2.75, 3.05) is 20.1 Å². The predicted molar refractivity (Wildman–Crippen MR) is 99.0 cm³/mol. The quantitative estimate of drug-likeness (QED) is 0.435. The number of nitrogens with one attached hydrogen (secondary N) is 2. The second-order valence-corrected chi connectivity index (χ2v) is 6.36. The van der Waals surface area contributed by atoms with E-state index in [9.17, 15) is 4.39 Å². The lowest BCUT2D eigenvalue weighted by Gasteiger charge is -2.11. The van der Waals surface area contributed by atoms with Crippen LogP contribution in [-0.2, 0) is 6.42 Å². The molecule has 2 rings (SSSR count). The summed E-state index contributed by atoms with van der Waals surface area (Å²) in [5.74, 6) is 1.75. The zero-order valence-electron chi connectivity index (χ0n) is 15.2. The highest BCUT2D eigenvalue weighted by molar-refractivity contribution is 5.79. The van der Waals surface area contributed by atoms with Crippen LogP contribution in [0.1, 0.15) is 32.4 Å². The van der Waals surface area contributed by atoms with E-state index in [-0.39, 0.29) is 5.82 Å². The number of aromatic nitrogens is 1. The molecular weight excluding hydrogens is 319 g/mol. The number of aliphatic imine (C=N–C) groups is 1. The van der Waals surface area contributed by atoms with Gasteiger partial charge in [0.1, 0.15) is 12.1 Å². The average Bonchev–Trinajstić information content (AvgIpc) is 3.06. The van der Waals surface area contributed by atoms with Crippen LogP contribution in [0.15, 0.2) is 39.9 Å². The summed E-state index contributed by atoms with van der Waals surface area (Å²) in [4.78, 5) is 8.65. The Bertz CT molecular complexity index is 664. The fraction of sp³-hybridized carbons (Fsp3) is 0.474. The summed E-state index contributed by atoms with van der Waals surface area (Å²) in [7, 11) is 1.76. The first-order valence-electron chi connectivity index (χ1n) is 8.73. The van der Waals surface area contributed by atoms with Crippen LogP contribution in [0.3, 0.4) is 0 Å². The smallest absolute Gasteiger partial charge is 0.226 e. The van der Waals surface area contributed by atoms with Crippen LogP contribution in [-0.4, -0.2) is 31.1 Å². The van der Waals surface area contributed by atoms with E-state index in [0.29, 0.717) is 12.4 Å². The first kappa shape index (κ1) is 19.0. The Hall–Kier alpha value is -2.37. The summed E-state index contributed by atoms with van der Waals surface area (Å²) in [6.07, 6.45) is 4.69. The molecule has 1 aromatic carbocycles. The Morgan fingerprint density at radius 3 is 2.60 bits per heavy atom. The molecule has 0 spiro atoms. The molecule has 5 nitrogen and oxygen atoms in total. The van der Waals surface area contributed by atoms with Gasteiger partial charge in [-0.05, 0) is 43.0 Å². The van der Waals surface area contributed by atoms with E-state index in [0.717, 1.165) is 42.5 Å². The Kier molecular flexibility index (Phi) is 7.44. The normalized spacial score (nSPS) is 11.8. The van der Waals surface area contributed by atoms with Gasteiger partial charge in [0.15, 0.2) is 5.96 Å². The lowest BCUT2D eigenvalue weighted by Crippen LogP contribution is -2.38. The molecule has 1 aromatic heterocycles. The van der Waals surface area contributed by atoms with Crippen LogP contribution in [0.2, 0.25) is 0 Å². The highest BCUT2D eigenvalue weighted by Gasteiger charge is 2.07. The molecule has 0 fully saturated rings. The number of halogens is 1. The molecule has 0 bridgehead atoms. The van der Waals surface area contributed by atoms with Gasteiger partial charge in [0, 0.05) is 32.1 Å². The molecule has 1 heterocycles. The van der Waals surface area contributed by atoms with Crippen molar-refractivity contribution >= 4 is 5.96 Å². The van der Waals surface area contributed by atoms with E-state index in [1.165, 1.54) is 18.6 Å². The minimum absolute atomic E-state index is 0.271. The summed E-state index contributed by atoms with van der Waals surface area (Å²) in [5.41, 5.74) is 1.62. The fourth-order valence-electron chi connectivity index (χ4n) is 2.39. The number of oxazole rings is 1. The largest absolute Gasteiger partial charge is 0.444 e. The molecule has 6 heteroatoms. The Balaban J connectivity index is 1.75. The van der Waals surface area contributed by atoms with Crippen LogP contribution in [0, 0.1) is 11.7 Å². The summed E-state index contributed by atoms with van der Waals surface area (Å²) in [6.45, 7) is 6.08. The SMILES string of the molecule is CN=C(NCCCC(C)C)NCCc1coc(-c2ccc(F)cc2)n1. The fourth-order valence-corrected chi connectivity index (χ4v) is 2.39. The first-order chi connectivity index (χ1) is 12.1. The van der Waals surface area contributed by atoms with Crippen molar-refractivity contribution in [1.82, 2.24) is 15.6 Å². The van der Waals surface area contributed by atoms with E-state index in [1.54, 1.807) is 25.4 Å². The number of benzene rings is 1. The molecule has 0 aliphatic rings. The second-order valence-electron chi connectivity index (χ2n) is 6.36. The maximum absolute atomic E-state index is 13.0. The second kappa shape index (κ2) is 9.81. The van der Waals surface area contributed by atoms with Gasteiger partial charge in [0.25, 0.3) is 0 Å². The van der Waals surface area contributed by atoms with Crippen molar-refractivity contribution < 1.29 is 8.81 Å². The van der Waals surface area contributed by atoms with Crippen molar-refractivity contribution in [3.63, 3.8) is 0 Å². The van der Waals surface area contributed by atoms with E-state index >= 15 is 0 Å². The molecule has 2 N–H and O–H groups in total. The Morgan fingerprint density at radius 2 is 1.92 bits per heavy atom. The van der Waals surface area contributed by atoms with E-state index < -0.39 is 0 Å². The number of hydrogen-bond donors (Lipinski definition) is 2. The van der Waals surface area contributed by atoms with Crippen LogP contribution < -0.4 is 10.6 Å². The third-order valence-electron chi connectivity index (χ3n) is 3.79. The van der Waals surface area contributed by atoms with Gasteiger partial charge < -0.3 is 15.1 Å². The molecule has 0 radical (unpaired) electrons. The predicted octanol–water partition coefficient (Wildman–Crippen LogP) is 3.62. The van der Waals surface area contributed by atoms with Gasteiger partial charge in [-0.3, -0.25) is 4.99 Å². The molecule has 0 aliphatic heterocycles. The topological polar surface area (TPSA) is 62.5 Å². The average molecular weight is 346 g/mol. The molecule has 0 saturated heterocycles. The van der Waals surface area contributed by atoms with Crippen LogP contribution in [0.25, 0.3) is 11.5 Å². The van der Waals surface area contributed by atoms with Gasteiger partial charge >= 0.3 is 0 Å². The molecule has 25 heavy (non-hydrogen) atoms. The molecule has 0 saturated carbocycles. The highest BCUT2D eigenvalue weighted by Crippen LogP contribution is 2.18. The zero-order chi connectivity index (χ0) is 18.1. The molecule has 0 unspecified atom stereocenters. The number of hydrogen-bond acceptors (Lipinski definition) is 3. The minimum atomic E-state index is -0.271. The number of rotatable bonds is 8. The monoisotopic (exact) mass is 346 g/mol. The Labute approximate surface area is 148 Å². The lowest BCUT2D eigenvalue weighted by molar-refractivity contribution is 0.549. The van der Waals surface area contributed by atoms with Gasteiger partial charge in [-0.15, -0.1) is 0 Å². The van der Waals surface area contributed by atoms with Crippen molar-refractivity contribution in [2.24, 2.45) is 10.9 Å². The standard InChI is InChI=1S/C19H27FN4O/c1-14(2)5-4-11-22-19(21-3)23-12-10-17-13-25-18(24-17)15-6-8-16(20)9-7-15/h6-9,13-14H,4-5,10-12H2,1-3H3,(H2,21,22,23). The van der Waals surface area contributed by atoms with Crippen LogP contribution >= 0.6 is 0 Å². The van der Waals surface area contributed by atoms with Gasteiger partial charge in [-0.1, -0.05) is 13.8 Å². The lowest BCUT2D eigenvalue weighted by atomic mass is 10.1. The maximum atomic E-state index is 13.0. The van der Waals surface area contributed by atoms with Gasteiger partial charge in [0.2, 0.25) is 5.89 Å². The van der Waals surface area contributed by atoms with Gasteiger partial charge in [-0.25, -0.2) is 9.37 Å². The van der Waals surface area contributed by atoms with Crippen molar-refractivity contribution in [2.45, 2.75) is 33.1 Å². The summed E-state index contributed by atoms with van der Waals surface area (Å²) in [5, 5.41) is 6.58. The van der Waals surface area contributed by atoms with Crippen molar-refractivity contribution in [3.05, 3.63) is 42.0 Å². The first-order valence-corrected chi connectivity index (χ1v) is 8.73. The summed E-state index contributed by atoms with van der Waals surface area (Å²) >= 11 is 0. The third-order valence-corrected chi connectivity index (χ3v) is 3.79. The van der Waals surface area contributed by atoms with Crippen LogP contribution in [0.5, 0.6) is 0 Å². The third kappa shape index (κ3) is 6.57. The van der Waals surface area contributed by atoms with Crippen molar-refractivity contribution in [1.29, 1.82) is 0 Å². The molecule has 0 atom stereocenters. The molecule has 0 amide bonds. The Morgan fingerprint density at radius 1 is 1.20 bits per heavy atom. The van der Waals surface area contributed by atoms with E-state index in [2.05, 4.69) is 34.5 Å². The molecule has 136 valence electrons. The van der Waals surface area contributed by atoms with Crippen molar-refractivity contribution in [3.8, 4) is 11.5 Å². The molecular formula is C19H27FN4O. The molecule has 0 aliphatic carbocycles. The van der Waals surface area contributed by atoms with Gasteiger partial charge in [0.05, 0.1) is 5.69 Å². The zero-order valence-corrected chi connectivity index (χ0v) is 15.2. The number of nitrogens with zero attached hydrogens (tertiary/aromatic N) is 2. The van der Waals surface area contributed by atoms with Gasteiger partial charge in [-0.2, -0.15) is 0 Å². The number of guanidine groups is 1. The summed E-state index contributed by atoms with van der Waals surface area (Å²) < 4.78 is 18.4. The van der Waals surface area contributed by atoms with E-state index in [1.807, 2.05) is 0 Å². The van der Waals surface area contributed by atoms with E-state index in [4.69, 9.17) is 4.42 Å². The summed E-state index contributed by atoms with van der Waals surface area (Å²) in [6, 6.07) is 6.11. The molecule has 2 aromatic rings. The highest BCUT2D eigenvalue weighted by atomic mass is 19.1. The minimum Gasteiger partial charge on any atom is -0.444 e. The maximum Gasteiger partial charge on any atom is 0.226 e.